The molecular weight excluding hydrogens is 204 g/mol. The van der Waals surface area contributed by atoms with Crippen molar-refractivity contribution >= 4 is 0 Å². The number of hydrogen-bond donors (Lipinski definition) is 1. The molecule has 0 saturated carbocycles. The Labute approximate surface area is 99.1 Å². The Hall–Kier alpha value is -0.120. The third kappa shape index (κ3) is 4.81. The zero-order valence-corrected chi connectivity index (χ0v) is 10.7. The zero-order chi connectivity index (χ0) is 11.8. The van der Waals surface area contributed by atoms with Crippen molar-refractivity contribution in [2.45, 2.75) is 58.2 Å². The first kappa shape index (κ1) is 13.9. The highest BCUT2D eigenvalue weighted by molar-refractivity contribution is 4.74. The van der Waals surface area contributed by atoms with Crippen LogP contribution in [0.4, 0.5) is 0 Å². The molecule has 0 aromatic rings. The lowest BCUT2D eigenvalue weighted by Gasteiger charge is -2.28. The van der Waals surface area contributed by atoms with Crippen LogP contribution in [0.3, 0.4) is 0 Å². The van der Waals surface area contributed by atoms with E-state index < -0.39 is 0 Å². The second kappa shape index (κ2) is 8.04. The van der Waals surface area contributed by atoms with E-state index in [1.807, 2.05) is 6.92 Å². The van der Waals surface area contributed by atoms with Gasteiger partial charge in [-0.3, -0.25) is 0 Å². The molecule has 0 aliphatic carbocycles. The summed E-state index contributed by atoms with van der Waals surface area (Å²) >= 11 is 0. The van der Waals surface area contributed by atoms with Crippen LogP contribution in [0, 0.1) is 5.92 Å². The fraction of sp³-hybridized carbons (Fsp3) is 1.00. The predicted octanol–water partition coefficient (Wildman–Crippen LogP) is 2.37. The predicted molar refractivity (Wildman–Crippen MR) is 64.5 cm³/mol. The highest BCUT2D eigenvalue weighted by atomic mass is 16.5. The molecule has 0 bridgehead atoms. The van der Waals surface area contributed by atoms with Crippen molar-refractivity contribution in [1.29, 1.82) is 0 Å². The van der Waals surface area contributed by atoms with Gasteiger partial charge in [0.1, 0.15) is 0 Å². The van der Waals surface area contributed by atoms with Crippen molar-refractivity contribution in [2.75, 3.05) is 19.8 Å². The molecule has 1 rings (SSSR count). The molecular formula is C13H26O3. The third-order valence-corrected chi connectivity index (χ3v) is 3.30. The average molecular weight is 230 g/mol. The van der Waals surface area contributed by atoms with Crippen LogP contribution >= 0.6 is 0 Å². The minimum atomic E-state index is -0.303. The topological polar surface area (TPSA) is 38.7 Å². The zero-order valence-electron chi connectivity index (χ0n) is 10.7. The van der Waals surface area contributed by atoms with Crippen LogP contribution in [0.2, 0.25) is 0 Å². The largest absolute Gasteiger partial charge is 0.390 e. The van der Waals surface area contributed by atoms with Gasteiger partial charge in [0.05, 0.1) is 12.2 Å². The lowest BCUT2D eigenvalue weighted by atomic mass is 9.91. The molecule has 3 heteroatoms. The molecule has 2 atom stereocenters. The first-order valence-electron chi connectivity index (χ1n) is 6.65. The minimum absolute atomic E-state index is 0.0258. The maximum absolute atomic E-state index is 10.2. The Bertz CT molecular complexity index is 161. The molecule has 1 aliphatic rings. The Morgan fingerprint density at radius 2 is 2.00 bits per heavy atom. The summed E-state index contributed by atoms with van der Waals surface area (Å²) in [6.45, 7) is 6.52. The van der Waals surface area contributed by atoms with E-state index in [1.165, 1.54) is 0 Å². The molecule has 1 heterocycles. The number of rotatable bonds is 7. The standard InChI is InChI=1S/C13H26O3/c1-3-5-13(16-4-2)12(14)10-11-6-8-15-9-7-11/h11-14H,3-10H2,1-2H3. The molecule has 3 nitrogen and oxygen atoms in total. The molecule has 2 unspecified atom stereocenters. The summed E-state index contributed by atoms with van der Waals surface area (Å²) in [6.07, 6.45) is 4.78. The second-order valence-corrected chi connectivity index (χ2v) is 4.64. The molecule has 1 saturated heterocycles. The van der Waals surface area contributed by atoms with Crippen molar-refractivity contribution < 1.29 is 14.6 Å². The van der Waals surface area contributed by atoms with Gasteiger partial charge in [0.2, 0.25) is 0 Å². The number of hydrogen-bond acceptors (Lipinski definition) is 3. The van der Waals surface area contributed by atoms with Gasteiger partial charge < -0.3 is 14.6 Å². The van der Waals surface area contributed by atoms with Crippen LogP contribution in [0.15, 0.2) is 0 Å². The van der Waals surface area contributed by atoms with Crippen LogP contribution in [-0.4, -0.2) is 37.1 Å². The Kier molecular flexibility index (Phi) is 7.01. The van der Waals surface area contributed by atoms with E-state index in [4.69, 9.17) is 9.47 Å². The van der Waals surface area contributed by atoms with Crippen molar-refractivity contribution in [3.8, 4) is 0 Å². The van der Waals surface area contributed by atoms with Crippen LogP contribution in [0.25, 0.3) is 0 Å². The molecule has 1 aliphatic heterocycles. The monoisotopic (exact) mass is 230 g/mol. The molecule has 1 N–H and O–H groups in total. The lowest BCUT2D eigenvalue weighted by molar-refractivity contribution is -0.0534. The average Bonchev–Trinajstić information content (AvgIpc) is 2.30. The summed E-state index contributed by atoms with van der Waals surface area (Å²) < 4.78 is 10.9. The van der Waals surface area contributed by atoms with E-state index in [9.17, 15) is 5.11 Å². The molecule has 0 spiro atoms. The molecule has 1 fully saturated rings. The van der Waals surface area contributed by atoms with E-state index in [2.05, 4.69) is 6.92 Å². The Morgan fingerprint density at radius 3 is 2.56 bits per heavy atom. The SMILES string of the molecule is CCCC(OCC)C(O)CC1CCOCC1. The molecule has 0 radical (unpaired) electrons. The summed E-state index contributed by atoms with van der Waals surface area (Å²) in [7, 11) is 0. The van der Waals surface area contributed by atoms with E-state index in [0.717, 1.165) is 45.3 Å². The van der Waals surface area contributed by atoms with Gasteiger partial charge in [-0.1, -0.05) is 13.3 Å². The van der Waals surface area contributed by atoms with E-state index >= 15 is 0 Å². The van der Waals surface area contributed by atoms with Gasteiger partial charge in [-0.05, 0) is 38.5 Å². The van der Waals surface area contributed by atoms with Crippen LogP contribution in [-0.2, 0) is 9.47 Å². The first-order chi connectivity index (χ1) is 7.77. The van der Waals surface area contributed by atoms with E-state index in [-0.39, 0.29) is 12.2 Å². The normalized spacial score (nSPS) is 21.9. The van der Waals surface area contributed by atoms with Gasteiger partial charge in [-0.25, -0.2) is 0 Å². The van der Waals surface area contributed by atoms with Gasteiger partial charge in [-0.15, -0.1) is 0 Å². The maximum Gasteiger partial charge on any atom is 0.0833 e. The Balaban J connectivity index is 2.31. The third-order valence-electron chi connectivity index (χ3n) is 3.30. The van der Waals surface area contributed by atoms with Crippen molar-refractivity contribution in [3.63, 3.8) is 0 Å². The van der Waals surface area contributed by atoms with Crippen molar-refractivity contribution in [2.24, 2.45) is 5.92 Å². The summed E-state index contributed by atoms with van der Waals surface area (Å²) in [5.74, 6) is 0.614. The van der Waals surface area contributed by atoms with Crippen LogP contribution < -0.4 is 0 Å². The first-order valence-corrected chi connectivity index (χ1v) is 6.65. The van der Waals surface area contributed by atoms with Gasteiger partial charge >= 0.3 is 0 Å². The van der Waals surface area contributed by atoms with Crippen LogP contribution in [0.5, 0.6) is 0 Å². The van der Waals surface area contributed by atoms with Gasteiger partial charge in [0.25, 0.3) is 0 Å². The lowest BCUT2D eigenvalue weighted by Crippen LogP contribution is -2.32. The van der Waals surface area contributed by atoms with E-state index in [1.54, 1.807) is 0 Å². The quantitative estimate of drug-likeness (QED) is 0.729. The second-order valence-electron chi connectivity index (χ2n) is 4.64. The molecule has 0 amide bonds. The van der Waals surface area contributed by atoms with Gasteiger partial charge in [0.15, 0.2) is 0 Å². The summed E-state index contributed by atoms with van der Waals surface area (Å²) in [4.78, 5) is 0. The highest BCUT2D eigenvalue weighted by Crippen LogP contribution is 2.23. The molecule has 96 valence electrons. The van der Waals surface area contributed by atoms with Gasteiger partial charge in [0, 0.05) is 19.8 Å². The minimum Gasteiger partial charge on any atom is -0.390 e. The highest BCUT2D eigenvalue weighted by Gasteiger charge is 2.24. The number of ether oxygens (including phenoxy) is 2. The number of aliphatic hydroxyl groups is 1. The van der Waals surface area contributed by atoms with Crippen molar-refractivity contribution in [3.05, 3.63) is 0 Å². The Morgan fingerprint density at radius 1 is 1.31 bits per heavy atom. The summed E-state index contributed by atoms with van der Waals surface area (Å²) in [5, 5.41) is 10.2. The molecule has 16 heavy (non-hydrogen) atoms. The maximum atomic E-state index is 10.2. The summed E-state index contributed by atoms with van der Waals surface area (Å²) in [5.41, 5.74) is 0. The fourth-order valence-electron chi connectivity index (χ4n) is 2.36. The van der Waals surface area contributed by atoms with Crippen molar-refractivity contribution in [1.82, 2.24) is 0 Å². The van der Waals surface area contributed by atoms with Gasteiger partial charge in [-0.2, -0.15) is 0 Å². The number of aliphatic hydroxyl groups excluding tert-OH is 1. The van der Waals surface area contributed by atoms with Crippen LogP contribution in [0.1, 0.15) is 46.0 Å². The summed E-state index contributed by atoms with van der Waals surface area (Å²) in [6, 6.07) is 0. The smallest absolute Gasteiger partial charge is 0.0833 e. The van der Waals surface area contributed by atoms with E-state index in [0.29, 0.717) is 12.5 Å². The fourth-order valence-corrected chi connectivity index (χ4v) is 2.36. The molecule has 0 aromatic heterocycles. The molecule has 0 aromatic carbocycles.